The highest BCUT2D eigenvalue weighted by Gasteiger charge is 2.21. The van der Waals surface area contributed by atoms with E-state index in [1.54, 1.807) is 38.2 Å². The highest BCUT2D eigenvalue weighted by molar-refractivity contribution is 6.12. The highest BCUT2D eigenvalue weighted by atomic mass is 16.5. The summed E-state index contributed by atoms with van der Waals surface area (Å²) in [6.07, 6.45) is 0. The van der Waals surface area contributed by atoms with Gasteiger partial charge < -0.3 is 20.1 Å². The average molecular weight is 521 g/mol. The molecular weight excluding hydrogens is 496 g/mol. The number of fused-ring (bicyclic) bond motifs is 1. The van der Waals surface area contributed by atoms with Crippen molar-refractivity contribution in [1.29, 1.82) is 5.26 Å². The van der Waals surface area contributed by atoms with E-state index in [-0.39, 0.29) is 22.5 Å². The summed E-state index contributed by atoms with van der Waals surface area (Å²) in [5.41, 5.74) is 9.43. The fraction of sp³-hybridized carbons (Fsp3) is 0.138. The third-order valence-corrected chi connectivity index (χ3v) is 6.52. The molecule has 39 heavy (non-hydrogen) atoms. The molecule has 0 unspecified atom stereocenters. The molecule has 2 amide bonds. The minimum Gasteiger partial charge on any atom is -0.381 e. The Morgan fingerprint density at radius 1 is 1.10 bits per heavy atom. The SMILES string of the molecule is CCn1c(-c2ccc(-c3c(C)on(C)c3=O)cc2)cc2cc(C#N)nc(C(=O)Nc3cccc(C(N)=O)c3)c21. The zero-order valence-electron chi connectivity index (χ0n) is 21.5. The van der Waals surface area contributed by atoms with Gasteiger partial charge in [-0.05, 0) is 55.3 Å². The van der Waals surface area contributed by atoms with E-state index in [2.05, 4.69) is 10.3 Å². The lowest BCUT2D eigenvalue weighted by molar-refractivity contribution is 0.0995. The van der Waals surface area contributed by atoms with E-state index in [1.165, 1.54) is 10.8 Å². The van der Waals surface area contributed by atoms with Crippen molar-refractivity contribution in [3.05, 3.63) is 93.7 Å². The molecule has 0 saturated heterocycles. The first-order chi connectivity index (χ1) is 18.7. The Balaban J connectivity index is 1.60. The van der Waals surface area contributed by atoms with Crippen molar-refractivity contribution in [3.63, 3.8) is 0 Å². The summed E-state index contributed by atoms with van der Waals surface area (Å²) >= 11 is 0. The lowest BCUT2D eigenvalue weighted by Gasteiger charge is -2.12. The summed E-state index contributed by atoms with van der Waals surface area (Å²) in [6, 6.07) is 19.4. The summed E-state index contributed by atoms with van der Waals surface area (Å²) < 4.78 is 8.57. The zero-order chi connectivity index (χ0) is 27.8. The lowest BCUT2D eigenvalue weighted by Crippen LogP contribution is -2.17. The predicted octanol–water partition coefficient (Wildman–Crippen LogP) is 4.21. The van der Waals surface area contributed by atoms with Crippen LogP contribution in [-0.4, -0.2) is 26.1 Å². The molecule has 10 heteroatoms. The normalized spacial score (nSPS) is 10.9. The summed E-state index contributed by atoms with van der Waals surface area (Å²) in [4.78, 5) is 41.8. The molecule has 0 atom stereocenters. The van der Waals surface area contributed by atoms with Crippen molar-refractivity contribution in [2.75, 3.05) is 5.32 Å². The van der Waals surface area contributed by atoms with Crippen molar-refractivity contribution >= 4 is 28.4 Å². The summed E-state index contributed by atoms with van der Waals surface area (Å²) in [5.74, 6) is -0.610. The summed E-state index contributed by atoms with van der Waals surface area (Å²) in [7, 11) is 1.57. The largest absolute Gasteiger partial charge is 0.381 e. The second-order valence-electron chi connectivity index (χ2n) is 8.98. The Morgan fingerprint density at radius 3 is 2.44 bits per heavy atom. The number of nitrogens with two attached hydrogens (primary N) is 1. The van der Waals surface area contributed by atoms with Crippen molar-refractivity contribution in [2.24, 2.45) is 12.8 Å². The third-order valence-electron chi connectivity index (χ3n) is 6.52. The van der Waals surface area contributed by atoms with Gasteiger partial charge >= 0.3 is 0 Å². The maximum absolute atomic E-state index is 13.4. The number of pyridine rings is 1. The van der Waals surface area contributed by atoms with Crippen LogP contribution in [0, 0.1) is 18.3 Å². The van der Waals surface area contributed by atoms with Crippen LogP contribution >= 0.6 is 0 Å². The maximum Gasteiger partial charge on any atom is 0.290 e. The molecule has 0 aliphatic rings. The van der Waals surface area contributed by atoms with Crippen LogP contribution in [0.25, 0.3) is 33.3 Å². The van der Waals surface area contributed by atoms with Crippen LogP contribution in [0.3, 0.4) is 0 Å². The number of rotatable bonds is 6. The molecule has 5 rings (SSSR count). The fourth-order valence-corrected chi connectivity index (χ4v) is 4.76. The molecule has 2 aromatic carbocycles. The molecule has 0 spiro atoms. The average Bonchev–Trinajstić information content (AvgIpc) is 3.43. The van der Waals surface area contributed by atoms with Crippen LogP contribution < -0.4 is 16.6 Å². The second-order valence-corrected chi connectivity index (χ2v) is 8.98. The van der Waals surface area contributed by atoms with Gasteiger partial charge in [0.15, 0.2) is 5.69 Å². The standard InChI is InChI=1S/C29H24N6O4/c1-4-35-23(17-8-10-18(11-9-17)24-16(2)39-34(3)29(24)38)14-20-13-22(15-30)32-25(26(20)35)28(37)33-21-7-5-6-19(12-21)27(31)36/h5-14H,4H2,1-3H3,(H2,31,36)(H,33,37). The molecule has 0 saturated carbocycles. The minimum absolute atomic E-state index is 0.0794. The number of aromatic nitrogens is 3. The Bertz CT molecular complexity index is 1870. The number of carbonyl (C=O) groups is 2. The predicted molar refractivity (Wildman–Crippen MR) is 146 cm³/mol. The van der Waals surface area contributed by atoms with E-state index in [0.29, 0.717) is 34.5 Å². The molecular formula is C29H24N6O4. The van der Waals surface area contributed by atoms with Crippen LogP contribution in [0.15, 0.2) is 70.0 Å². The molecule has 5 aromatic rings. The zero-order valence-corrected chi connectivity index (χ0v) is 21.5. The van der Waals surface area contributed by atoms with Crippen LogP contribution in [0.5, 0.6) is 0 Å². The first-order valence-corrected chi connectivity index (χ1v) is 12.1. The summed E-state index contributed by atoms with van der Waals surface area (Å²) in [5, 5.41) is 13.0. The second kappa shape index (κ2) is 9.79. The van der Waals surface area contributed by atoms with Gasteiger partial charge in [0.25, 0.3) is 11.5 Å². The van der Waals surface area contributed by atoms with Gasteiger partial charge in [0.1, 0.15) is 17.5 Å². The van der Waals surface area contributed by atoms with E-state index in [9.17, 15) is 19.6 Å². The Morgan fingerprint density at radius 2 is 1.82 bits per heavy atom. The molecule has 0 aliphatic heterocycles. The van der Waals surface area contributed by atoms with Gasteiger partial charge in [0.05, 0.1) is 11.1 Å². The van der Waals surface area contributed by atoms with E-state index in [0.717, 1.165) is 16.8 Å². The first-order valence-electron chi connectivity index (χ1n) is 12.1. The topological polar surface area (TPSA) is 149 Å². The number of carbonyl (C=O) groups excluding carboxylic acids is 2. The number of nitriles is 1. The number of nitrogens with one attached hydrogen (secondary N) is 1. The Labute approximate surface area is 222 Å². The smallest absolute Gasteiger partial charge is 0.290 e. The molecule has 0 fully saturated rings. The van der Waals surface area contributed by atoms with E-state index in [1.807, 2.05) is 47.9 Å². The number of hydrogen-bond donors (Lipinski definition) is 2. The molecule has 194 valence electrons. The van der Waals surface area contributed by atoms with Crippen LogP contribution in [0.1, 0.15) is 39.2 Å². The fourth-order valence-electron chi connectivity index (χ4n) is 4.76. The Hall–Kier alpha value is -5.43. The molecule has 0 radical (unpaired) electrons. The number of hydrogen-bond acceptors (Lipinski definition) is 6. The number of primary amides is 1. The van der Waals surface area contributed by atoms with Crippen LogP contribution in [0.4, 0.5) is 5.69 Å². The molecule has 3 N–H and O–H groups in total. The number of nitrogens with zero attached hydrogens (tertiary/aromatic N) is 4. The van der Waals surface area contributed by atoms with Gasteiger partial charge in [-0.1, -0.05) is 30.3 Å². The van der Waals surface area contributed by atoms with Gasteiger partial charge in [0.2, 0.25) is 5.91 Å². The number of amides is 2. The quantitative estimate of drug-likeness (QED) is 0.342. The van der Waals surface area contributed by atoms with Gasteiger partial charge in [-0.25, -0.2) is 4.98 Å². The number of aryl methyl sites for hydroxylation is 3. The lowest BCUT2D eigenvalue weighted by atomic mass is 10.0. The van der Waals surface area contributed by atoms with E-state index in [4.69, 9.17) is 10.3 Å². The third kappa shape index (κ3) is 4.46. The van der Waals surface area contributed by atoms with Crippen molar-refractivity contribution in [3.8, 4) is 28.5 Å². The monoisotopic (exact) mass is 520 g/mol. The number of benzene rings is 2. The van der Waals surface area contributed by atoms with E-state index < -0.39 is 11.8 Å². The van der Waals surface area contributed by atoms with Crippen LogP contribution in [0.2, 0.25) is 0 Å². The maximum atomic E-state index is 13.4. The van der Waals surface area contributed by atoms with Crippen molar-refractivity contribution in [2.45, 2.75) is 20.4 Å². The van der Waals surface area contributed by atoms with Gasteiger partial charge in [0, 0.05) is 35.9 Å². The van der Waals surface area contributed by atoms with Crippen molar-refractivity contribution in [1.82, 2.24) is 14.3 Å². The number of anilines is 1. The molecule has 0 aliphatic carbocycles. The van der Waals surface area contributed by atoms with Gasteiger partial charge in [-0.3, -0.25) is 14.4 Å². The molecule has 3 aromatic heterocycles. The molecule has 0 bridgehead atoms. The molecule has 3 heterocycles. The summed E-state index contributed by atoms with van der Waals surface area (Å²) in [6.45, 7) is 4.22. The Kier molecular flexibility index (Phi) is 6.34. The van der Waals surface area contributed by atoms with E-state index >= 15 is 0 Å². The van der Waals surface area contributed by atoms with Crippen molar-refractivity contribution < 1.29 is 14.1 Å². The van der Waals surface area contributed by atoms with Crippen LogP contribution in [-0.2, 0) is 13.6 Å². The molecule has 10 nitrogen and oxygen atoms in total. The highest BCUT2D eigenvalue weighted by Crippen LogP contribution is 2.32. The first kappa shape index (κ1) is 25.2. The minimum atomic E-state index is -0.614. The van der Waals surface area contributed by atoms with Gasteiger partial charge in [-0.2, -0.15) is 10.0 Å². The van der Waals surface area contributed by atoms with Gasteiger partial charge in [-0.15, -0.1) is 0 Å².